The molecular weight excluding hydrogens is 430 g/mol. The van der Waals surface area contributed by atoms with Gasteiger partial charge in [-0.2, -0.15) is 5.10 Å². The van der Waals surface area contributed by atoms with Gasteiger partial charge in [-0.25, -0.2) is 10.4 Å². The fourth-order valence-electron chi connectivity index (χ4n) is 3.16. The Morgan fingerprint density at radius 2 is 1.90 bits per heavy atom. The van der Waals surface area contributed by atoms with Crippen molar-refractivity contribution in [2.24, 2.45) is 5.10 Å². The molecule has 5 nitrogen and oxygen atoms in total. The Balaban J connectivity index is 1.68. The van der Waals surface area contributed by atoms with Crippen molar-refractivity contribution in [1.82, 2.24) is 10.4 Å². The predicted octanol–water partition coefficient (Wildman–Crippen LogP) is 6.17. The van der Waals surface area contributed by atoms with Crippen molar-refractivity contribution < 1.29 is 9.53 Å². The van der Waals surface area contributed by atoms with Gasteiger partial charge in [0.05, 0.1) is 38.3 Å². The zero-order valence-corrected chi connectivity index (χ0v) is 18.6. The highest BCUT2D eigenvalue weighted by Gasteiger charge is 2.14. The molecular formula is C24H20ClN3O2S. The molecule has 0 aliphatic heterocycles. The molecule has 0 bridgehead atoms. The van der Waals surface area contributed by atoms with Crippen molar-refractivity contribution in [1.29, 1.82) is 0 Å². The second kappa shape index (κ2) is 9.29. The number of benzene rings is 2. The molecule has 0 unspecified atom stereocenters. The first kappa shape index (κ1) is 21.0. The quantitative estimate of drug-likeness (QED) is 0.283. The number of carbonyl (C=O) groups excluding carboxylic acids is 1. The van der Waals surface area contributed by atoms with Crippen LogP contribution in [-0.2, 0) is 0 Å². The Morgan fingerprint density at radius 3 is 2.61 bits per heavy atom. The van der Waals surface area contributed by atoms with Crippen LogP contribution in [0.5, 0.6) is 5.75 Å². The molecule has 0 atom stereocenters. The molecule has 7 heteroatoms. The number of hydrazone groups is 1. The van der Waals surface area contributed by atoms with Gasteiger partial charge in [0, 0.05) is 10.9 Å². The molecule has 0 fully saturated rings. The number of carbonyl (C=O) groups is 1. The molecule has 0 radical (unpaired) electrons. The second-order valence-corrected chi connectivity index (χ2v) is 8.49. The largest absolute Gasteiger partial charge is 0.494 e. The maximum absolute atomic E-state index is 13.0. The standard InChI is InChI=1S/C24H20ClN3O2S/c1-3-30-17-10-8-16(9-11-17)21-14-19(18-6-4-5-7-20(18)26-21)24(29)28-27-15(2)22-12-13-23(25)31-22/h4-14H,3H2,1-2H3,(H,28,29)/b27-15+. The summed E-state index contributed by atoms with van der Waals surface area (Å²) in [5.74, 6) is 0.497. The van der Waals surface area contributed by atoms with Crippen LogP contribution in [0, 0.1) is 0 Å². The van der Waals surface area contributed by atoms with E-state index in [1.165, 1.54) is 11.3 Å². The summed E-state index contributed by atoms with van der Waals surface area (Å²) in [5, 5.41) is 5.02. The zero-order valence-electron chi connectivity index (χ0n) is 17.1. The number of amides is 1. The second-order valence-electron chi connectivity index (χ2n) is 6.77. The molecule has 0 saturated carbocycles. The minimum Gasteiger partial charge on any atom is -0.494 e. The number of halogens is 1. The Labute approximate surface area is 189 Å². The van der Waals surface area contributed by atoms with E-state index >= 15 is 0 Å². The molecule has 0 aliphatic carbocycles. The number of aromatic nitrogens is 1. The third-order valence-corrected chi connectivity index (χ3v) is 6.02. The Bertz CT molecular complexity index is 1270. The van der Waals surface area contributed by atoms with Gasteiger partial charge in [-0.1, -0.05) is 29.8 Å². The maximum Gasteiger partial charge on any atom is 0.272 e. The van der Waals surface area contributed by atoms with E-state index < -0.39 is 0 Å². The molecule has 0 saturated heterocycles. The highest BCUT2D eigenvalue weighted by atomic mass is 35.5. The Hall–Kier alpha value is -3.22. The molecule has 1 N–H and O–H groups in total. The van der Waals surface area contributed by atoms with Crippen molar-refractivity contribution in [3.05, 3.63) is 81.5 Å². The van der Waals surface area contributed by atoms with Gasteiger partial charge in [-0.05, 0) is 62.4 Å². The van der Waals surface area contributed by atoms with Crippen LogP contribution in [0.2, 0.25) is 4.34 Å². The molecule has 4 aromatic rings. The highest BCUT2D eigenvalue weighted by Crippen LogP contribution is 2.27. The van der Waals surface area contributed by atoms with Gasteiger partial charge in [0.1, 0.15) is 5.75 Å². The average molecular weight is 450 g/mol. The number of pyridine rings is 1. The van der Waals surface area contributed by atoms with Crippen molar-refractivity contribution in [3.8, 4) is 17.0 Å². The van der Waals surface area contributed by atoms with Crippen LogP contribution in [0.3, 0.4) is 0 Å². The predicted molar refractivity (Wildman–Crippen MR) is 127 cm³/mol. The van der Waals surface area contributed by atoms with Crippen LogP contribution < -0.4 is 10.2 Å². The number of hydrogen-bond donors (Lipinski definition) is 1. The monoisotopic (exact) mass is 449 g/mol. The Morgan fingerprint density at radius 1 is 1.13 bits per heavy atom. The molecule has 2 aromatic heterocycles. The van der Waals surface area contributed by atoms with E-state index in [1.54, 1.807) is 6.07 Å². The van der Waals surface area contributed by atoms with Crippen molar-refractivity contribution in [2.45, 2.75) is 13.8 Å². The van der Waals surface area contributed by atoms with Crippen molar-refractivity contribution in [3.63, 3.8) is 0 Å². The van der Waals surface area contributed by atoms with Gasteiger partial charge in [-0.3, -0.25) is 4.79 Å². The van der Waals surface area contributed by atoms with Crippen molar-refractivity contribution >= 4 is 45.5 Å². The lowest BCUT2D eigenvalue weighted by molar-refractivity contribution is 0.0956. The number of hydrogen-bond acceptors (Lipinski definition) is 5. The molecule has 0 spiro atoms. The molecule has 4 rings (SSSR count). The van der Waals surface area contributed by atoms with E-state index in [-0.39, 0.29) is 5.91 Å². The first-order chi connectivity index (χ1) is 15.0. The van der Waals surface area contributed by atoms with Gasteiger partial charge in [0.2, 0.25) is 0 Å². The first-order valence-electron chi connectivity index (χ1n) is 9.78. The van der Waals surface area contributed by atoms with E-state index in [0.29, 0.717) is 27.9 Å². The number of nitrogens with one attached hydrogen (secondary N) is 1. The minimum absolute atomic E-state index is 0.298. The number of ether oxygens (including phenoxy) is 1. The summed E-state index contributed by atoms with van der Waals surface area (Å²) >= 11 is 7.41. The summed E-state index contributed by atoms with van der Waals surface area (Å²) in [6, 6.07) is 20.7. The number of nitrogens with zero attached hydrogens (tertiary/aromatic N) is 2. The SMILES string of the molecule is CCOc1ccc(-c2cc(C(=O)N/N=C(\C)c3ccc(Cl)s3)c3ccccc3n2)cc1. The summed E-state index contributed by atoms with van der Waals surface area (Å²) in [6.07, 6.45) is 0. The van der Waals surface area contributed by atoms with Crippen LogP contribution >= 0.6 is 22.9 Å². The molecule has 0 aliphatic rings. The lowest BCUT2D eigenvalue weighted by Crippen LogP contribution is -2.19. The molecule has 31 heavy (non-hydrogen) atoms. The van der Waals surface area contributed by atoms with Crippen LogP contribution in [0.1, 0.15) is 29.1 Å². The van der Waals surface area contributed by atoms with Crippen molar-refractivity contribution in [2.75, 3.05) is 6.61 Å². The van der Waals surface area contributed by atoms with Gasteiger partial charge >= 0.3 is 0 Å². The molecule has 2 heterocycles. The summed E-state index contributed by atoms with van der Waals surface area (Å²) in [7, 11) is 0. The van der Waals surface area contributed by atoms with E-state index in [2.05, 4.69) is 10.5 Å². The highest BCUT2D eigenvalue weighted by molar-refractivity contribution is 7.18. The average Bonchev–Trinajstić information content (AvgIpc) is 3.23. The smallest absolute Gasteiger partial charge is 0.272 e. The fraction of sp³-hybridized carbons (Fsp3) is 0.125. The third-order valence-electron chi connectivity index (χ3n) is 4.68. The van der Waals surface area contributed by atoms with Crippen LogP contribution in [-0.4, -0.2) is 23.2 Å². The lowest BCUT2D eigenvalue weighted by atomic mass is 10.0. The van der Waals surface area contributed by atoms with E-state index in [9.17, 15) is 4.79 Å². The molecule has 1 amide bonds. The zero-order chi connectivity index (χ0) is 21.8. The van der Waals surface area contributed by atoms with Crippen LogP contribution in [0.15, 0.2) is 71.8 Å². The van der Waals surface area contributed by atoms with E-state index in [1.807, 2.05) is 74.5 Å². The third kappa shape index (κ3) is 4.76. The van der Waals surface area contributed by atoms with Crippen LogP contribution in [0.4, 0.5) is 0 Å². The topological polar surface area (TPSA) is 63.6 Å². The Kier molecular flexibility index (Phi) is 6.30. The normalized spacial score (nSPS) is 11.5. The number of fused-ring (bicyclic) bond motifs is 1. The number of para-hydroxylation sites is 1. The molecule has 156 valence electrons. The molecule has 2 aromatic carbocycles. The lowest BCUT2D eigenvalue weighted by Gasteiger charge is -2.10. The summed E-state index contributed by atoms with van der Waals surface area (Å²) in [5.41, 5.74) is 6.21. The van der Waals surface area contributed by atoms with E-state index in [0.717, 1.165) is 27.1 Å². The van der Waals surface area contributed by atoms with E-state index in [4.69, 9.17) is 21.3 Å². The van der Waals surface area contributed by atoms with Crippen LogP contribution in [0.25, 0.3) is 22.2 Å². The van der Waals surface area contributed by atoms with Gasteiger partial charge in [0.15, 0.2) is 0 Å². The fourth-order valence-corrected chi connectivity index (χ4v) is 4.15. The van der Waals surface area contributed by atoms with Gasteiger partial charge < -0.3 is 4.74 Å². The first-order valence-corrected chi connectivity index (χ1v) is 11.0. The van der Waals surface area contributed by atoms with Gasteiger partial charge in [-0.15, -0.1) is 11.3 Å². The minimum atomic E-state index is -0.298. The number of rotatable bonds is 6. The summed E-state index contributed by atoms with van der Waals surface area (Å²) in [6.45, 7) is 4.38. The maximum atomic E-state index is 13.0. The summed E-state index contributed by atoms with van der Waals surface area (Å²) in [4.78, 5) is 18.7. The number of thiophene rings is 1. The summed E-state index contributed by atoms with van der Waals surface area (Å²) < 4.78 is 6.19. The van der Waals surface area contributed by atoms with Gasteiger partial charge in [0.25, 0.3) is 5.91 Å².